The molecular weight excluding hydrogens is 340 g/mol. The molecule has 152 valence electrons. The van der Waals surface area contributed by atoms with Gasteiger partial charge in [-0.05, 0) is 32.1 Å². The van der Waals surface area contributed by atoms with Crippen molar-refractivity contribution in [1.29, 1.82) is 0 Å². The second-order valence-electron chi connectivity index (χ2n) is 7.85. The molecule has 2 heterocycles. The first kappa shape index (κ1) is 22.3. The zero-order valence-electron chi connectivity index (χ0n) is 16.7. The first-order valence-corrected chi connectivity index (χ1v) is 10.7. The number of hydrogen-bond acceptors (Lipinski definition) is 4. The summed E-state index contributed by atoms with van der Waals surface area (Å²) < 4.78 is 12.0. The number of terminal acetylenes is 1. The fourth-order valence-electron chi connectivity index (χ4n) is 3.96. The van der Waals surface area contributed by atoms with Gasteiger partial charge in [-0.15, -0.1) is 24.2 Å². The molecule has 0 bridgehead atoms. The quantitative estimate of drug-likeness (QED) is 0.452. The van der Waals surface area contributed by atoms with Crippen LogP contribution in [0.15, 0.2) is 0 Å². The molecule has 4 nitrogen and oxygen atoms in total. The van der Waals surface area contributed by atoms with Gasteiger partial charge in [0.15, 0.2) is 0 Å². The van der Waals surface area contributed by atoms with Crippen molar-refractivity contribution in [3.8, 4) is 24.2 Å². The summed E-state index contributed by atoms with van der Waals surface area (Å²) in [5, 5.41) is 20.3. The lowest BCUT2D eigenvalue weighted by molar-refractivity contribution is -0.107. The fraction of sp³-hybridized carbons (Fsp3) is 0.826. The summed E-state index contributed by atoms with van der Waals surface area (Å²) >= 11 is 0. The Balaban J connectivity index is 1.63. The lowest BCUT2D eigenvalue weighted by Gasteiger charge is -2.23. The van der Waals surface area contributed by atoms with Crippen LogP contribution in [0.5, 0.6) is 0 Å². The van der Waals surface area contributed by atoms with E-state index in [4.69, 9.17) is 15.9 Å². The third-order valence-electron chi connectivity index (χ3n) is 5.61. The van der Waals surface area contributed by atoms with Crippen LogP contribution in [0.4, 0.5) is 0 Å². The van der Waals surface area contributed by atoms with Gasteiger partial charge in [0, 0.05) is 19.3 Å². The Labute approximate surface area is 165 Å². The Morgan fingerprint density at radius 3 is 2.04 bits per heavy atom. The fourth-order valence-corrected chi connectivity index (χ4v) is 3.96. The molecule has 2 saturated heterocycles. The van der Waals surface area contributed by atoms with Crippen molar-refractivity contribution in [1.82, 2.24) is 0 Å². The molecule has 2 N–H and O–H groups in total. The van der Waals surface area contributed by atoms with E-state index in [-0.39, 0.29) is 24.4 Å². The molecule has 0 aromatic carbocycles. The van der Waals surface area contributed by atoms with Crippen molar-refractivity contribution in [3.05, 3.63) is 0 Å². The zero-order valence-corrected chi connectivity index (χ0v) is 16.7. The van der Waals surface area contributed by atoms with Crippen LogP contribution in [0.25, 0.3) is 0 Å². The minimum atomic E-state index is -0.597. The molecular formula is C23H36O4. The van der Waals surface area contributed by atoms with Gasteiger partial charge in [-0.2, -0.15) is 0 Å². The molecule has 0 aliphatic carbocycles. The van der Waals surface area contributed by atoms with Crippen LogP contribution in [-0.4, -0.2) is 46.8 Å². The molecule has 0 spiro atoms. The van der Waals surface area contributed by atoms with Gasteiger partial charge < -0.3 is 19.7 Å². The maximum absolute atomic E-state index is 10.4. The van der Waals surface area contributed by atoms with Gasteiger partial charge in [-0.1, -0.05) is 32.6 Å². The van der Waals surface area contributed by atoms with Crippen LogP contribution in [-0.2, 0) is 9.47 Å². The van der Waals surface area contributed by atoms with E-state index >= 15 is 0 Å². The Bertz CT molecular complexity index is 515. The van der Waals surface area contributed by atoms with Crippen LogP contribution in [0.2, 0.25) is 0 Å². The average molecular weight is 377 g/mol. The van der Waals surface area contributed by atoms with E-state index in [9.17, 15) is 10.2 Å². The van der Waals surface area contributed by atoms with Crippen molar-refractivity contribution in [2.24, 2.45) is 0 Å². The first-order valence-electron chi connectivity index (χ1n) is 10.7. The summed E-state index contributed by atoms with van der Waals surface area (Å²) in [4.78, 5) is 0. The van der Waals surface area contributed by atoms with E-state index in [1.165, 1.54) is 25.7 Å². The highest BCUT2D eigenvalue weighted by Crippen LogP contribution is 2.33. The molecule has 2 aliphatic heterocycles. The van der Waals surface area contributed by atoms with Crippen LogP contribution < -0.4 is 0 Å². The van der Waals surface area contributed by atoms with Gasteiger partial charge in [0.25, 0.3) is 0 Å². The Kier molecular flexibility index (Phi) is 10.2. The summed E-state index contributed by atoms with van der Waals surface area (Å²) in [6.45, 7) is 2.22. The van der Waals surface area contributed by atoms with Crippen molar-refractivity contribution in [2.75, 3.05) is 0 Å². The molecule has 0 unspecified atom stereocenters. The lowest BCUT2D eigenvalue weighted by Crippen LogP contribution is -2.33. The van der Waals surface area contributed by atoms with Gasteiger partial charge in [0.1, 0.15) is 0 Å². The molecule has 0 radical (unpaired) electrons. The molecule has 0 saturated carbocycles. The third-order valence-corrected chi connectivity index (χ3v) is 5.61. The van der Waals surface area contributed by atoms with E-state index in [2.05, 4.69) is 24.7 Å². The largest absolute Gasteiger partial charge is 0.389 e. The lowest BCUT2D eigenvalue weighted by atomic mass is 10.0. The summed E-state index contributed by atoms with van der Waals surface area (Å²) in [5.41, 5.74) is 0. The van der Waals surface area contributed by atoms with Crippen molar-refractivity contribution < 1.29 is 19.7 Å². The number of aliphatic hydroxyl groups is 2. The second kappa shape index (κ2) is 12.4. The Hall–Kier alpha value is -1.04. The van der Waals surface area contributed by atoms with E-state index < -0.39 is 12.2 Å². The monoisotopic (exact) mass is 376 g/mol. The Morgan fingerprint density at radius 2 is 1.44 bits per heavy atom. The number of aliphatic hydroxyl groups excluding tert-OH is 2. The number of hydrogen-bond donors (Lipinski definition) is 2. The van der Waals surface area contributed by atoms with E-state index in [0.29, 0.717) is 12.8 Å². The first-order chi connectivity index (χ1) is 13.2. The van der Waals surface area contributed by atoms with Crippen molar-refractivity contribution in [2.45, 2.75) is 121 Å². The van der Waals surface area contributed by atoms with Gasteiger partial charge in [0.2, 0.25) is 0 Å². The van der Waals surface area contributed by atoms with Gasteiger partial charge in [-0.3, -0.25) is 0 Å². The van der Waals surface area contributed by atoms with Crippen LogP contribution in [0.1, 0.15) is 84.0 Å². The minimum Gasteiger partial charge on any atom is -0.389 e. The minimum absolute atomic E-state index is 0.000731. The van der Waals surface area contributed by atoms with Gasteiger partial charge in [-0.25, -0.2) is 0 Å². The number of rotatable bonds is 10. The van der Waals surface area contributed by atoms with Crippen LogP contribution in [0, 0.1) is 24.2 Å². The van der Waals surface area contributed by atoms with Crippen LogP contribution in [0.3, 0.4) is 0 Å². The Morgan fingerprint density at radius 1 is 0.852 bits per heavy atom. The van der Waals surface area contributed by atoms with E-state index in [1.807, 2.05) is 0 Å². The molecule has 6 atom stereocenters. The third kappa shape index (κ3) is 7.47. The normalized spacial score (nSPS) is 29.7. The summed E-state index contributed by atoms with van der Waals surface area (Å²) in [6.07, 6.45) is 15.1. The second-order valence-corrected chi connectivity index (χ2v) is 7.85. The van der Waals surface area contributed by atoms with Gasteiger partial charge in [0.05, 0.1) is 36.6 Å². The summed E-state index contributed by atoms with van der Waals surface area (Å²) in [7, 11) is 0. The highest BCUT2D eigenvalue weighted by Gasteiger charge is 2.40. The smallest absolute Gasteiger partial charge is 0.0910 e. The zero-order chi connectivity index (χ0) is 19.5. The molecule has 2 aliphatic rings. The standard InChI is InChI=1S/C23H36O4/c1-3-5-6-7-8-9-10-11-13-19(25)21-15-17-23(27-21)22-16-14-20(26-22)18(24)12-4-2/h2,18-25H,3,5-9,12-17H2,1H3/t18-,19-,20-,21-,22-,23-/m1/s1. The highest BCUT2D eigenvalue weighted by molar-refractivity contribution is 5.02. The number of ether oxygens (including phenoxy) is 2. The SMILES string of the molecule is C#CC[C@@H](O)[C@H]1CC[C@H]([C@H]2CC[C@H]([C@H](O)CC#CCCCCCCC)O2)O1. The highest BCUT2D eigenvalue weighted by atomic mass is 16.6. The average Bonchev–Trinajstić information content (AvgIpc) is 3.33. The maximum Gasteiger partial charge on any atom is 0.0910 e. The summed E-state index contributed by atoms with van der Waals surface area (Å²) in [5.74, 6) is 8.77. The molecule has 2 fully saturated rings. The molecule has 0 amide bonds. The van der Waals surface area contributed by atoms with E-state index in [1.54, 1.807) is 0 Å². The summed E-state index contributed by atoms with van der Waals surface area (Å²) in [6, 6.07) is 0. The maximum atomic E-state index is 10.4. The predicted octanol–water partition coefficient (Wildman–Crippen LogP) is 3.58. The van der Waals surface area contributed by atoms with Crippen molar-refractivity contribution in [3.63, 3.8) is 0 Å². The molecule has 27 heavy (non-hydrogen) atoms. The predicted molar refractivity (Wildman–Crippen MR) is 107 cm³/mol. The molecule has 0 aromatic rings. The number of unbranched alkanes of at least 4 members (excludes halogenated alkanes) is 5. The van der Waals surface area contributed by atoms with E-state index in [0.717, 1.165) is 38.5 Å². The topological polar surface area (TPSA) is 58.9 Å². The van der Waals surface area contributed by atoms with Gasteiger partial charge >= 0.3 is 0 Å². The van der Waals surface area contributed by atoms with Crippen LogP contribution >= 0.6 is 0 Å². The molecule has 2 rings (SSSR count). The molecule has 0 aromatic heterocycles. The molecule has 4 heteroatoms. The van der Waals surface area contributed by atoms with Crippen molar-refractivity contribution >= 4 is 0 Å².